The summed E-state index contributed by atoms with van der Waals surface area (Å²) in [5.74, 6) is -0.596. The average Bonchev–Trinajstić information content (AvgIpc) is 3.29. The van der Waals surface area contributed by atoms with Crippen LogP contribution in [0.25, 0.3) is 11.3 Å². The van der Waals surface area contributed by atoms with Crippen molar-refractivity contribution in [2.75, 3.05) is 50.1 Å². The van der Waals surface area contributed by atoms with Gasteiger partial charge in [-0.15, -0.1) is 0 Å². The zero-order chi connectivity index (χ0) is 25.9. The number of urea groups is 1. The maximum absolute atomic E-state index is 13.3. The van der Waals surface area contributed by atoms with Crippen molar-refractivity contribution in [2.24, 2.45) is 10.7 Å². The van der Waals surface area contributed by atoms with Gasteiger partial charge in [-0.1, -0.05) is 23.7 Å². The third kappa shape index (κ3) is 5.16. The molecule has 0 spiro atoms. The van der Waals surface area contributed by atoms with Gasteiger partial charge in [0, 0.05) is 60.4 Å². The minimum atomic E-state index is -0.596. The number of nitrogens with zero attached hydrogens (tertiary/aromatic N) is 5. The molecule has 0 bridgehead atoms. The molecule has 1 aromatic heterocycles. The fourth-order valence-corrected chi connectivity index (χ4v) is 4.93. The second-order valence-corrected chi connectivity index (χ2v) is 9.32. The number of amides is 3. The Morgan fingerprint density at radius 2 is 1.95 bits per heavy atom. The van der Waals surface area contributed by atoms with Crippen LogP contribution in [0.2, 0.25) is 5.02 Å². The van der Waals surface area contributed by atoms with Gasteiger partial charge in [-0.3, -0.25) is 14.5 Å². The fourth-order valence-electron chi connectivity index (χ4n) is 4.74. The summed E-state index contributed by atoms with van der Waals surface area (Å²) in [6.07, 6.45) is 1.81. The number of hydrogen-bond acceptors (Lipinski definition) is 6. The highest BCUT2D eigenvalue weighted by Crippen LogP contribution is 2.30. The topological polar surface area (TPSA) is 118 Å². The summed E-state index contributed by atoms with van der Waals surface area (Å²) >= 11 is 6.15. The van der Waals surface area contributed by atoms with Crippen LogP contribution < -0.4 is 16.0 Å². The van der Waals surface area contributed by atoms with E-state index in [4.69, 9.17) is 22.1 Å². The zero-order valence-electron chi connectivity index (χ0n) is 20.5. The van der Waals surface area contributed by atoms with Gasteiger partial charge in [-0.2, -0.15) is 5.10 Å². The lowest BCUT2D eigenvalue weighted by molar-refractivity contribution is 0.0997. The second kappa shape index (κ2) is 10.6. The number of rotatable bonds is 5. The van der Waals surface area contributed by atoms with Crippen LogP contribution in [0.15, 0.2) is 47.5 Å². The molecule has 0 atom stereocenters. The summed E-state index contributed by atoms with van der Waals surface area (Å²) in [7, 11) is 1.73. The summed E-state index contributed by atoms with van der Waals surface area (Å²) in [5, 5.41) is 8.16. The Kier molecular flexibility index (Phi) is 7.11. The van der Waals surface area contributed by atoms with Crippen LogP contribution in [0.5, 0.6) is 0 Å². The van der Waals surface area contributed by atoms with Crippen molar-refractivity contribution in [3.8, 4) is 11.3 Å². The summed E-state index contributed by atoms with van der Waals surface area (Å²) in [6.45, 7) is 3.92. The van der Waals surface area contributed by atoms with Crippen LogP contribution in [0.3, 0.4) is 0 Å². The first-order valence-corrected chi connectivity index (χ1v) is 12.4. The highest BCUT2D eigenvalue weighted by molar-refractivity contribution is 6.30. The third-order valence-electron chi connectivity index (χ3n) is 6.51. The highest BCUT2D eigenvalue weighted by atomic mass is 35.5. The van der Waals surface area contributed by atoms with E-state index in [0.717, 1.165) is 24.3 Å². The first-order chi connectivity index (χ1) is 17.9. The molecule has 11 heteroatoms. The molecule has 3 amide bonds. The molecule has 0 aliphatic carbocycles. The first-order valence-electron chi connectivity index (χ1n) is 12.0. The molecule has 2 aliphatic rings. The fraction of sp³-hybridized carbons (Fsp3) is 0.308. The molecule has 5 rings (SSSR count). The number of anilines is 2. The zero-order valence-corrected chi connectivity index (χ0v) is 21.2. The van der Waals surface area contributed by atoms with Gasteiger partial charge in [0.05, 0.1) is 37.6 Å². The maximum atomic E-state index is 13.3. The molecule has 1 saturated heterocycles. The molecular formula is C26H28ClN7O3. The second-order valence-electron chi connectivity index (χ2n) is 8.88. The number of nitrogens with two attached hydrogens (primary N) is 1. The number of carbonyl (C=O) groups excluding carboxylic acids is 2. The van der Waals surface area contributed by atoms with E-state index in [1.165, 1.54) is 0 Å². The van der Waals surface area contributed by atoms with Gasteiger partial charge in [0.2, 0.25) is 0 Å². The molecule has 2 aromatic carbocycles. The van der Waals surface area contributed by atoms with Crippen molar-refractivity contribution in [3.05, 3.63) is 64.3 Å². The molecule has 3 N–H and O–H groups in total. The Bertz CT molecular complexity index is 1360. The Balaban J connectivity index is 1.38. The van der Waals surface area contributed by atoms with Gasteiger partial charge in [0.25, 0.3) is 5.91 Å². The first kappa shape index (κ1) is 24.8. The number of halogens is 1. The summed E-state index contributed by atoms with van der Waals surface area (Å²) in [5.41, 5.74) is 10.5. The maximum Gasteiger partial charge on any atom is 0.322 e. The van der Waals surface area contributed by atoms with E-state index in [-0.39, 0.29) is 12.6 Å². The van der Waals surface area contributed by atoms with E-state index in [0.29, 0.717) is 59.5 Å². The van der Waals surface area contributed by atoms with E-state index >= 15 is 0 Å². The summed E-state index contributed by atoms with van der Waals surface area (Å²) in [6, 6.07) is 12.6. The standard InChI is InChI=1S/C26H28ClN7O3/c1-29-15-18-5-6-20(14-21(18)32-9-11-37-12-10-32)30-26(36)33-7-8-34-22(16-33)23(25(28)35)24(31-34)17-3-2-4-19(27)13-17/h2-6,13-15H,7-12,16H2,1H3,(H2,28,35)(H,30,36)/b29-15-. The Morgan fingerprint density at radius 3 is 2.68 bits per heavy atom. The molecule has 37 heavy (non-hydrogen) atoms. The third-order valence-corrected chi connectivity index (χ3v) is 6.75. The molecule has 2 aliphatic heterocycles. The molecule has 3 aromatic rings. The normalized spacial score (nSPS) is 15.6. The Labute approximate surface area is 219 Å². The lowest BCUT2D eigenvalue weighted by Gasteiger charge is -2.31. The van der Waals surface area contributed by atoms with Crippen molar-refractivity contribution < 1.29 is 14.3 Å². The van der Waals surface area contributed by atoms with E-state index in [1.807, 2.05) is 30.5 Å². The number of primary amides is 1. The van der Waals surface area contributed by atoms with E-state index in [2.05, 4.69) is 20.3 Å². The quantitative estimate of drug-likeness (QED) is 0.500. The monoisotopic (exact) mass is 521 g/mol. The number of nitrogens with one attached hydrogen (secondary N) is 1. The number of carbonyl (C=O) groups is 2. The smallest absolute Gasteiger partial charge is 0.322 e. The predicted octanol–water partition coefficient (Wildman–Crippen LogP) is 3.24. The SMILES string of the molecule is C/N=C\c1ccc(NC(=O)N2CCn3nc(-c4cccc(Cl)c4)c(C(N)=O)c3C2)cc1N1CCOCC1. The minimum Gasteiger partial charge on any atom is -0.378 e. The lowest BCUT2D eigenvalue weighted by Crippen LogP contribution is -2.41. The van der Waals surface area contributed by atoms with Crippen LogP contribution in [-0.2, 0) is 17.8 Å². The van der Waals surface area contributed by atoms with Gasteiger partial charge in [-0.25, -0.2) is 4.79 Å². The van der Waals surface area contributed by atoms with Gasteiger partial charge in [0.15, 0.2) is 0 Å². The summed E-state index contributed by atoms with van der Waals surface area (Å²) in [4.78, 5) is 33.8. The molecule has 0 unspecified atom stereocenters. The van der Waals surface area contributed by atoms with Crippen LogP contribution in [0.1, 0.15) is 21.6 Å². The summed E-state index contributed by atoms with van der Waals surface area (Å²) < 4.78 is 7.23. The molecule has 10 nitrogen and oxygen atoms in total. The van der Waals surface area contributed by atoms with Gasteiger partial charge >= 0.3 is 6.03 Å². The largest absolute Gasteiger partial charge is 0.378 e. The Hall–Kier alpha value is -3.89. The van der Waals surface area contributed by atoms with Crippen molar-refractivity contribution in [1.29, 1.82) is 0 Å². The minimum absolute atomic E-state index is 0.203. The van der Waals surface area contributed by atoms with E-state index in [1.54, 1.807) is 34.8 Å². The van der Waals surface area contributed by atoms with E-state index in [9.17, 15) is 9.59 Å². The number of aromatic nitrogens is 2. The predicted molar refractivity (Wildman–Crippen MR) is 144 cm³/mol. The van der Waals surface area contributed by atoms with Crippen LogP contribution in [0.4, 0.5) is 16.2 Å². The number of aliphatic imine (C=N–C) groups is 1. The van der Waals surface area contributed by atoms with E-state index < -0.39 is 5.91 Å². The lowest BCUT2D eigenvalue weighted by atomic mass is 10.0. The Morgan fingerprint density at radius 1 is 1.14 bits per heavy atom. The van der Waals surface area contributed by atoms with Crippen molar-refractivity contribution in [1.82, 2.24) is 14.7 Å². The molecule has 0 saturated carbocycles. The molecule has 3 heterocycles. The highest BCUT2D eigenvalue weighted by Gasteiger charge is 2.30. The molecule has 192 valence electrons. The average molecular weight is 522 g/mol. The van der Waals surface area contributed by atoms with Gasteiger partial charge in [0.1, 0.15) is 5.69 Å². The molecule has 0 radical (unpaired) electrons. The van der Waals surface area contributed by atoms with Crippen LogP contribution in [-0.4, -0.2) is 72.7 Å². The number of ether oxygens (including phenoxy) is 1. The van der Waals surface area contributed by atoms with Crippen molar-refractivity contribution >= 4 is 41.1 Å². The molecule has 1 fully saturated rings. The van der Waals surface area contributed by atoms with Crippen LogP contribution >= 0.6 is 11.6 Å². The number of hydrogen-bond donors (Lipinski definition) is 2. The number of fused-ring (bicyclic) bond motifs is 1. The van der Waals surface area contributed by atoms with Crippen LogP contribution in [0, 0.1) is 0 Å². The molecular weight excluding hydrogens is 494 g/mol. The van der Waals surface area contributed by atoms with Crippen molar-refractivity contribution in [3.63, 3.8) is 0 Å². The van der Waals surface area contributed by atoms with Crippen molar-refractivity contribution in [2.45, 2.75) is 13.1 Å². The number of benzene rings is 2. The van der Waals surface area contributed by atoms with Gasteiger partial charge < -0.3 is 25.6 Å². The van der Waals surface area contributed by atoms with Gasteiger partial charge in [-0.05, 0) is 30.3 Å². The number of morpholine rings is 1.